The Hall–Kier alpha value is -1.74. The monoisotopic (exact) mass is 244 g/mol. The van der Waals surface area contributed by atoms with Crippen LogP contribution in [0.15, 0.2) is 42.7 Å². The molecule has 0 spiro atoms. The zero-order valence-corrected chi connectivity index (χ0v) is 10.5. The predicted octanol–water partition coefficient (Wildman–Crippen LogP) is 2.86. The van der Waals surface area contributed by atoms with Gasteiger partial charge in [-0.25, -0.2) is 4.39 Å². The lowest BCUT2D eigenvalue weighted by atomic mass is 10.1. The maximum absolute atomic E-state index is 12.9. The first-order valence-electron chi connectivity index (χ1n) is 6.10. The van der Waals surface area contributed by atoms with Crippen molar-refractivity contribution in [1.29, 1.82) is 0 Å². The lowest BCUT2D eigenvalue weighted by Gasteiger charge is -2.07. The summed E-state index contributed by atoms with van der Waals surface area (Å²) in [5, 5.41) is 3.36. The maximum Gasteiger partial charge on any atom is 0.123 e. The second kappa shape index (κ2) is 6.26. The Morgan fingerprint density at radius 3 is 2.89 bits per heavy atom. The summed E-state index contributed by atoms with van der Waals surface area (Å²) in [5.41, 5.74) is 3.38. The van der Waals surface area contributed by atoms with Gasteiger partial charge in [-0.1, -0.05) is 12.1 Å². The van der Waals surface area contributed by atoms with Gasteiger partial charge in [0.25, 0.3) is 0 Å². The van der Waals surface area contributed by atoms with Gasteiger partial charge >= 0.3 is 0 Å². The van der Waals surface area contributed by atoms with Gasteiger partial charge in [-0.15, -0.1) is 0 Å². The molecule has 2 aromatic rings. The van der Waals surface area contributed by atoms with E-state index in [1.807, 2.05) is 31.3 Å². The topological polar surface area (TPSA) is 24.9 Å². The van der Waals surface area contributed by atoms with Gasteiger partial charge in [-0.2, -0.15) is 0 Å². The van der Waals surface area contributed by atoms with Gasteiger partial charge in [0.1, 0.15) is 5.82 Å². The van der Waals surface area contributed by atoms with Gasteiger partial charge in [-0.3, -0.25) is 4.98 Å². The molecule has 0 saturated carbocycles. The minimum atomic E-state index is -0.167. The molecule has 2 rings (SSSR count). The molecule has 0 atom stereocenters. The molecule has 0 radical (unpaired) electrons. The Labute approximate surface area is 107 Å². The van der Waals surface area contributed by atoms with Crippen LogP contribution in [-0.2, 0) is 13.0 Å². The van der Waals surface area contributed by atoms with E-state index in [9.17, 15) is 4.39 Å². The average Bonchev–Trinajstić information content (AvgIpc) is 2.38. The van der Waals surface area contributed by atoms with E-state index < -0.39 is 0 Å². The molecule has 1 aromatic carbocycles. The van der Waals surface area contributed by atoms with Gasteiger partial charge in [0, 0.05) is 18.9 Å². The molecular weight excluding hydrogens is 227 g/mol. The van der Waals surface area contributed by atoms with Crippen molar-refractivity contribution in [2.24, 2.45) is 0 Å². The zero-order valence-electron chi connectivity index (χ0n) is 10.5. The smallest absolute Gasteiger partial charge is 0.123 e. The number of nitrogens with zero attached hydrogens (tertiary/aromatic N) is 1. The summed E-state index contributed by atoms with van der Waals surface area (Å²) in [6.45, 7) is 3.63. The number of aryl methyl sites for hydroxylation is 1. The second-order valence-corrected chi connectivity index (χ2v) is 4.36. The van der Waals surface area contributed by atoms with Crippen molar-refractivity contribution in [3.63, 3.8) is 0 Å². The Bertz CT molecular complexity index is 497. The quantitative estimate of drug-likeness (QED) is 0.818. The zero-order chi connectivity index (χ0) is 12.8. The Balaban J connectivity index is 1.79. The number of pyridine rings is 1. The number of benzene rings is 1. The first-order chi connectivity index (χ1) is 8.75. The number of nitrogens with one attached hydrogen (secondary N) is 1. The van der Waals surface area contributed by atoms with E-state index in [1.165, 1.54) is 17.2 Å². The van der Waals surface area contributed by atoms with Crippen LogP contribution in [-0.4, -0.2) is 11.5 Å². The molecule has 3 heteroatoms. The van der Waals surface area contributed by atoms with Crippen molar-refractivity contribution in [2.75, 3.05) is 6.54 Å². The fraction of sp³-hybridized carbons (Fsp3) is 0.267. The van der Waals surface area contributed by atoms with Gasteiger partial charge in [0.15, 0.2) is 0 Å². The first-order valence-corrected chi connectivity index (χ1v) is 6.10. The first kappa shape index (κ1) is 12.7. The molecule has 0 bridgehead atoms. The molecule has 18 heavy (non-hydrogen) atoms. The standard InChI is InChI=1S/C15H17FN2/c1-12-9-15(16)5-4-14(12)6-8-18-11-13-3-2-7-17-10-13/h2-5,7,9-10,18H,6,8,11H2,1H3. The predicted molar refractivity (Wildman–Crippen MR) is 70.8 cm³/mol. The summed E-state index contributed by atoms with van der Waals surface area (Å²) >= 11 is 0. The molecule has 1 N–H and O–H groups in total. The van der Waals surface area contributed by atoms with E-state index in [4.69, 9.17) is 0 Å². The Kier molecular flexibility index (Phi) is 4.42. The summed E-state index contributed by atoms with van der Waals surface area (Å²) < 4.78 is 12.9. The van der Waals surface area contributed by atoms with Crippen molar-refractivity contribution >= 4 is 0 Å². The lowest BCUT2D eigenvalue weighted by molar-refractivity contribution is 0.624. The fourth-order valence-corrected chi connectivity index (χ4v) is 1.90. The van der Waals surface area contributed by atoms with Crippen LogP contribution in [0, 0.1) is 12.7 Å². The molecular formula is C15H17FN2. The summed E-state index contributed by atoms with van der Waals surface area (Å²) in [6.07, 6.45) is 4.54. The van der Waals surface area contributed by atoms with Gasteiger partial charge in [0.2, 0.25) is 0 Å². The Morgan fingerprint density at radius 2 is 2.17 bits per heavy atom. The van der Waals surface area contributed by atoms with E-state index in [0.717, 1.165) is 25.1 Å². The molecule has 94 valence electrons. The molecule has 0 aliphatic rings. The van der Waals surface area contributed by atoms with Crippen LogP contribution < -0.4 is 5.32 Å². The number of rotatable bonds is 5. The normalized spacial score (nSPS) is 10.6. The van der Waals surface area contributed by atoms with Crippen LogP contribution in [0.3, 0.4) is 0 Å². The number of hydrogen-bond acceptors (Lipinski definition) is 2. The molecule has 0 fully saturated rings. The molecule has 0 amide bonds. The third kappa shape index (κ3) is 3.64. The third-order valence-electron chi connectivity index (χ3n) is 2.93. The largest absolute Gasteiger partial charge is 0.312 e. The SMILES string of the molecule is Cc1cc(F)ccc1CCNCc1cccnc1. The molecule has 2 nitrogen and oxygen atoms in total. The summed E-state index contributed by atoms with van der Waals surface area (Å²) in [5.74, 6) is -0.167. The molecule has 0 saturated heterocycles. The number of halogens is 1. The average molecular weight is 244 g/mol. The summed E-state index contributed by atoms with van der Waals surface area (Å²) in [6, 6.07) is 8.93. The van der Waals surface area contributed by atoms with E-state index >= 15 is 0 Å². The van der Waals surface area contributed by atoms with Crippen LogP contribution in [0.1, 0.15) is 16.7 Å². The van der Waals surface area contributed by atoms with Crippen molar-refractivity contribution in [2.45, 2.75) is 19.9 Å². The van der Waals surface area contributed by atoms with Gasteiger partial charge in [-0.05, 0) is 54.8 Å². The highest BCUT2D eigenvalue weighted by Gasteiger charge is 2.00. The molecule has 0 aliphatic heterocycles. The van der Waals surface area contributed by atoms with Crippen molar-refractivity contribution < 1.29 is 4.39 Å². The Morgan fingerprint density at radius 1 is 1.28 bits per heavy atom. The van der Waals surface area contributed by atoms with Crippen molar-refractivity contribution in [3.8, 4) is 0 Å². The number of hydrogen-bond donors (Lipinski definition) is 1. The minimum Gasteiger partial charge on any atom is -0.312 e. The van der Waals surface area contributed by atoms with Crippen LogP contribution in [0.2, 0.25) is 0 Å². The van der Waals surface area contributed by atoms with Crippen LogP contribution in [0.25, 0.3) is 0 Å². The van der Waals surface area contributed by atoms with Gasteiger partial charge < -0.3 is 5.32 Å². The number of aromatic nitrogens is 1. The summed E-state index contributed by atoms with van der Waals surface area (Å²) in [4.78, 5) is 4.06. The van der Waals surface area contributed by atoms with Crippen LogP contribution >= 0.6 is 0 Å². The van der Waals surface area contributed by atoms with Crippen LogP contribution in [0.5, 0.6) is 0 Å². The van der Waals surface area contributed by atoms with E-state index in [1.54, 1.807) is 12.3 Å². The lowest BCUT2D eigenvalue weighted by Crippen LogP contribution is -2.17. The molecule has 1 aromatic heterocycles. The maximum atomic E-state index is 12.9. The van der Waals surface area contributed by atoms with Crippen molar-refractivity contribution in [1.82, 2.24) is 10.3 Å². The minimum absolute atomic E-state index is 0.167. The second-order valence-electron chi connectivity index (χ2n) is 4.36. The highest BCUT2D eigenvalue weighted by molar-refractivity contribution is 5.26. The highest BCUT2D eigenvalue weighted by Crippen LogP contribution is 2.10. The highest BCUT2D eigenvalue weighted by atomic mass is 19.1. The fourth-order valence-electron chi connectivity index (χ4n) is 1.90. The molecule has 0 aliphatic carbocycles. The van der Waals surface area contributed by atoms with Crippen LogP contribution in [0.4, 0.5) is 4.39 Å². The van der Waals surface area contributed by atoms with E-state index in [-0.39, 0.29) is 5.82 Å². The van der Waals surface area contributed by atoms with Gasteiger partial charge in [0.05, 0.1) is 0 Å². The molecule has 0 unspecified atom stereocenters. The van der Waals surface area contributed by atoms with E-state index in [0.29, 0.717) is 0 Å². The molecule has 1 heterocycles. The third-order valence-corrected chi connectivity index (χ3v) is 2.93. The summed E-state index contributed by atoms with van der Waals surface area (Å²) in [7, 11) is 0. The van der Waals surface area contributed by atoms with Crippen molar-refractivity contribution in [3.05, 3.63) is 65.2 Å². The van der Waals surface area contributed by atoms with E-state index in [2.05, 4.69) is 10.3 Å².